The molecule has 0 bridgehead atoms. The second-order valence-electron chi connectivity index (χ2n) is 6.02. The molecule has 0 radical (unpaired) electrons. The molecule has 1 rings (SSSR count). The lowest BCUT2D eigenvalue weighted by molar-refractivity contribution is 0.104. The van der Waals surface area contributed by atoms with Crippen molar-refractivity contribution in [2.24, 2.45) is 0 Å². The molecule has 0 aromatic rings. The summed E-state index contributed by atoms with van der Waals surface area (Å²) in [6.45, 7) is 1.95. The van der Waals surface area contributed by atoms with E-state index in [4.69, 9.17) is 23.3 Å². The topological polar surface area (TPSA) is 121 Å². The highest BCUT2D eigenvalue weighted by molar-refractivity contribution is 7.59. The first-order valence-electron chi connectivity index (χ1n) is 7.58. The van der Waals surface area contributed by atoms with Gasteiger partial charge in [-0.1, -0.05) is 0 Å². The summed E-state index contributed by atoms with van der Waals surface area (Å²) in [5.74, 6) is 0. The molecule has 1 aliphatic rings. The van der Waals surface area contributed by atoms with Crippen LogP contribution in [-0.4, -0.2) is 68.0 Å². The molecular formula is C13H28O9P2. The Bertz CT molecular complexity index is 484. The number of methoxy groups -OCH3 is 3. The summed E-state index contributed by atoms with van der Waals surface area (Å²) in [4.78, 5) is 19.4. The van der Waals surface area contributed by atoms with Crippen LogP contribution in [0.3, 0.4) is 0 Å². The highest BCUT2D eigenvalue weighted by atomic mass is 31.2. The highest BCUT2D eigenvalue weighted by Crippen LogP contribution is 2.78. The molecule has 144 valence electrons. The molecule has 2 atom stereocenters. The quantitative estimate of drug-likeness (QED) is 0.403. The summed E-state index contributed by atoms with van der Waals surface area (Å²) in [6, 6.07) is 0. The Kier molecular flexibility index (Phi) is 8.07. The van der Waals surface area contributed by atoms with Crippen molar-refractivity contribution in [3.05, 3.63) is 0 Å². The van der Waals surface area contributed by atoms with Crippen LogP contribution in [0.25, 0.3) is 0 Å². The summed E-state index contributed by atoms with van der Waals surface area (Å²) in [5, 5.41) is -2.97. The average molecular weight is 390 g/mol. The van der Waals surface area contributed by atoms with Crippen LogP contribution < -0.4 is 0 Å². The summed E-state index contributed by atoms with van der Waals surface area (Å²) in [6.07, 6.45) is 0.431. The molecule has 9 nitrogen and oxygen atoms in total. The summed E-state index contributed by atoms with van der Waals surface area (Å²) in [5.41, 5.74) is 0. The second-order valence-corrected chi connectivity index (χ2v) is 10.4. The van der Waals surface area contributed by atoms with Gasteiger partial charge in [-0.3, -0.25) is 13.7 Å². The van der Waals surface area contributed by atoms with Gasteiger partial charge < -0.3 is 28.5 Å². The number of hydrogen-bond acceptors (Lipinski definition) is 7. The second kappa shape index (κ2) is 8.71. The highest BCUT2D eigenvalue weighted by Gasteiger charge is 2.67. The minimum absolute atomic E-state index is 0.00721. The van der Waals surface area contributed by atoms with Crippen molar-refractivity contribution in [1.29, 1.82) is 0 Å². The third kappa shape index (κ3) is 4.67. The molecule has 1 aliphatic heterocycles. The fraction of sp³-hybridized carbons (Fsp3) is 1.00. The van der Waals surface area contributed by atoms with Crippen molar-refractivity contribution in [2.45, 2.75) is 36.7 Å². The first kappa shape index (κ1) is 22.2. The molecule has 24 heavy (non-hydrogen) atoms. The molecule has 0 aliphatic carbocycles. The summed E-state index contributed by atoms with van der Waals surface area (Å²) in [7, 11) is -4.06. The molecule has 2 N–H and O–H groups in total. The van der Waals surface area contributed by atoms with Crippen molar-refractivity contribution in [1.82, 2.24) is 0 Å². The first-order chi connectivity index (χ1) is 11.1. The van der Waals surface area contributed by atoms with Crippen molar-refractivity contribution in [2.75, 3.05) is 47.8 Å². The SMILES string of the molecule is COCCOP1(=O)OC(C)(P(=O)(O)O)CC1(CCOC)CCOC. The molecule has 1 saturated heterocycles. The van der Waals surface area contributed by atoms with E-state index >= 15 is 0 Å². The van der Waals surface area contributed by atoms with Crippen LogP contribution in [0, 0.1) is 0 Å². The number of rotatable bonds is 11. The standard InChI is InChI=1S/C13H28O9P2/c1-12(23(14,15)16)11-13(5-7-18-2,6-8-19-3)24(17,22-12)21-10-9-20-4/h5-11H2,1-4H3,(H2,14,15,16). The Hall–Kier alpha value is 0.180. The Morgan fingerprint density at radius 2 is 1.54 bits per heavy atom. The third-order valence-corrected chi connectivity index (χ3v) is 8.82. The lowest BCUT2D eigenvalue weighted by Crippen LogP contribution is -2.33. The van der Waals surface area contributed by atoms with Gasteiger partial charge >= 0.3 is 15.2 Å². The minimum atomic E-state index is -4.68. The predicted octanol–water partition coefficient (Wildman–Crippen LogP) is 1.97. The summed E-state index contributed by atoms with van der Waals surface area (Å²) < 4.78 is 51.4. The molecule has 1 fully saturated rings. The van der Waals surface area contributed by atoms with Gasteiger partial charge in [-0.2, -0.15) is 0 Å². The lowest BCUT2D eigenvalue weighted by Gasteiger charge is -2.32. The predicted molar refractivity (Wildman–Crippen MR) is 87.3 cm³/mol. The van der Waals surface area contributed by atoms with Crippen LogP contribution in [-0.2, 0) is 32.4 Å². The molecule has 0 spiro atoms. The number of ether oxygens (including phenoxy) is 3. The van der Waals surface area contributed by atoms with E-state index in [0.29, 0.717) is 0 Å². The number of hydrogen-bond donors (Lipinski definition) is 2. The van der Waals surface area contributed by atoms with E-state index in [9.17, 15) is 18.9 Å². The van der Waals surface area contributed by atoms with E-state index in [-0.39, 0.29) is 45.7 Å². The van der Waals surface area contributed by atoms with Crippen LogP contribution >= 0.6 is 15.2 Å². The van der Waals surface area contributed by atoms with Crippen molar-refractivity contribution >= 4 is 15.2 Å². The van der Waals surface area contributed by atoms with Crippen LogP contribution in [0.1, 0.15) is 26.2 Å². The van der Waals surface area contributed by atoms with E-state index in [1.807, 2.05) is 0 Å². The average Bonchev–Trinajstić information content (AvgIpc) is 2.72. The van der Waals surface area contributed by atoms with Gasteiger partial charge in [-0.25, -0.2) is 0 Å². The van der Waals surface area contributed by atoms with E-state index in [1.54, 1.807) is 0 Å². The zero-order chi connectivity index (χ0) is 18.5. The van der Waals surface area contributed by atoms with Gasteiger partial charge in [0.1, 0.15) is 0 Å². The Morgan fingerprint density at radius 3 is 1.96 bits per heavy atom. The van der Waals surface area contributed by atoms with Crippen LogP contribution in [0.4, 0.5) is 0 Å². The van der Waals surface area contributed by atoms with E-state index in [1.165, 1.54) is 28.3 Å². The van der Waals surface area contributed by atoms with E-state index in [0.717, 1.165) is 0 Å². The lowest BCUT2D eigenvalue weighted by atomic mass is 9.94. The maximum atomic E-state index is 13.5. The molecule has 0 saturated carbocycles. The van der Waals surface area contributed by atoms with Crippen LogP contribution in [0.15, 0.2) is 0 Å². The molecule has 0 aromatic heterocycles. The van der Waals surface area contributed by atoms with Gasteiger partial charge in [-0.05, 0) is 19.8 Å². The smallest absolute Gasteiger partial charge is 0.357 e. The van der Waals surface area contributed by atoms with Gasteiger partial charge in [0, 0.05) is 41.0 Å². The fourth-order valence-corrected chi connectivity index (χ4v) is 6.84. The van der Waals surface area contributed by atoms with Crippen molar-refractivity contribution in [3.8, 4) is 0 Å². The van der Waals surface area contributed by atoms with Gasteiger partial charge in [-0.15, -0.1) is 0 Å². The monoisotopic (exact) mass is 390 g/mol. The van der Waals surface area contributed by atoms with Crippen molar-refractivity contribution < 1.29 is 42.2 Å². The maximum absolute atomic E-state index is 13.5. The van der Waals surface area contributed by atoms with E-state index < -0.39 is 25.7 Å². The molecule has 0 aromatic carbocycles. The largest absolute Gasteiger partial charge is 0.385 e. The van der Waals surface area contributed by atoms with Crippen LogP contribution in [0.2, 0.25) is 0 Å². The Balaban J connectivity index is 3.23. The Labute approximate surface area is 142 Å². The molecular weight excluding hydrogens is 362 g/mol. The maximum Gasteiger partial charge on any atom is 0.357 e. The molecule has 0 amide bonds. The third-order valence-electron chi connectivity index (χ3n) is 4.26. The Morgan fingerprint density at radius 1 is 1.04 bits per heavy atom. The van der Waals surface area contributed by atoms with Gasteiger partial charge in [0.2, 0.25) is 0 Å². The minimum Gasteiger partial charge on any atom is -0.385 e. The van der Waals surface area contributed by atoms with Gasteiger partial charge in [0.05, 0.1) is 18.4 Å². The van der Waals surface area contributed by atoms with Crippen molar-refractivity contribution in [3.63, 3.8) is 0 Å². The molecule has 2 unspecified atom stereocenters. The first-order valence-corrected chi connectivity index (χ1v) is 10.7. The zero-order valence-corrected chi connectivity index (χ0v) is 16.4. The van der Waals surface area contributed by atoms with Gasteiger partial charge in [0.15, 0.2) is 5.34 Å². The molecule has 1 heterocycles. The van der Waals surface area contributed by atoms with Crippen LogP contribution in [0.5, 0.6) is 0 Å². The molecule has 11 heteroatoms. The fourth-order valence-electron chi connectivity index (χ4n) is 2.82. The van der Waals surface area contributed by atoms with E-state index in [2.05, 4.69) is 0 Å². The zero-order valence-electron chi connectivity index (χ0n) is 14.6. The normalized spacial score (nSPS) is 29.9. The van der Waals surface area contributed by atoms with Gasteiger partial charge in [0.25, 0.3) is 0 Å². The summed E-state index contributed by atoms with van der Waals surface area (Å²) >= 11 is 0.